The second-order valence-electron chi connectivity index (χ2n) is 5.45. The Balaban J connectivity index is 1.67. The van der Waals surface area contributed by atoms with Gasteiger partial charge in [0.15, 0.2) is 5.65 Å². The molecule has 2 heterocycles. The summed E-state index contributed by atoms with van der Waals surface area (Å²) >= 11 is 0. The minimum Gasteiger partial charge on any atom is -0.369 e. The molecule has 0 radical (unpaired) electrons. The smallest absolute Gasteiger partial charge is 0.220 e. The predicted molar refractivity (Wildman–Crippen MR) is 76.0 cm³/mol. The number of aromatic nitrogens is 4. The number of nitrogens with two attached hydrogens (primary N) is 1. The first kappa shape index (κ1) is 13.0. The predicted octanol–water partition coefficient (Wildman–Crippen LogP) is 0.719. The SMILES string of the molecule is Cc1nn(C)c2c1nc(N)n2CCCC(=O)NC1CC1. The molecule has 0 aromatic carbocycles. The number of carbonyl (C=O) groups is 1. The number of anilines is 1. The summed E-state index contributed by atoms with van der Waals surface area (Å²) in [6.07, 6.45) is 3.51. The van der Waals surface area contributed by atoms with E-state index in [9.17, 15) is 4.79 Å². The molecule has 2 aromatic rings. The number of imidazole rings is 1. The van der Waals surface area contributed by atoms with Crippen LogP contribution in [0.4, 0.5) is 5.95 Å². The lowest BCUT2D eigenvalue weighted by atomic mass is 10.3. The van der Waals surface area contributed by atoms with E-state index < -0.39 is 0 Å². The Kier molecular flexibility index (Phi) is 3.11. The van der Waals surface area contributed by atoms with Gasteiger partial charge in [-0.25, -0.2) is 4.98 Å². The molecule has 3 rings (SSSR count). The lowest BCUT2D eigenvalue weighted by Crippen LogP contribution is -2.25. The molecule has 2 aromatic heterocycles. The Labute approximate surface area is 117 Å². The zero-order valence-electron chi connectivity index (χ0n) is 11.9. The van der Waals surface area contributed by atoms with Crippen molar-refractivity contribution in [2.45, 2.75) is 45.2 Å². The number of aryl methyl sites for hydroxylation is 3. The first-order valence-electron chi connectivity index (χ1n) is 7.01. The van der Waals surface area contributed by atoms with Crippen LogP contribution in [0.25, 0.3) is 11.2 Å². The number of amides is 1. The Hall–Kier alpha value is -2.05. The van der Waals surface area contributed by atoms with Crippen molar-refractivity contribution in [3.63, 3.8) is 0 Å². The van der Waals surface area contributed by atoms with Crippen LogP contribution in [0.1, 0.15) is 31.4 Å². The van der Waals surface area contributed by atoms with E-state index in [0.717, 1.165) is 36.1 Å². The number of nitrogen functional groups attached to an aromatic ring is 1. The van der Waals surface area contributed by atoms with Gasteiger partial charge in [-0.1, -0.05) is 0 Å². The van der Waals surface area contributed by atoms with Gasteiger partial charge in [0, 0.05) is 26.1 Å². The van der Waals surface area contributed by atoms with Crippen LogP contribution in [0, 0.1) is 6.92 Å². The highest BCUT2D eigenvalue weighted by Crippen LogP contribution is 2.21. The van der Waals surface area contributed by atoms with E-state index in [1.807, 2.05) is 18.5 Å². The lowest BCUT2D eigenvalue weighted by molar-refractivity contribution is -0.121. The molecule has 7 nitrogen and oxygen atoms in total. The maximum Gasteiger partial charge on any atom is 0.220 e. The molecule has 0 spiro atoms. The Morgan fingerprint density at radius 1 is 1.50 bits per heavy atom. The average Bonchev–Trinajstić information content (AvgIpc) is 3.06. The van der Waals surface area contributed by atoms with E-state index in [4.69, 9.17) is 5.73 Å². The third-order valence-corrected chi connectivity index (χ3v) is 3.65. The second-order valence-corrected chi connectivity index (χ2v) is 5.45. The van der Waals surface area contributed by atoms with Crippen molar-refractivity contribution in [2.24, 2.45) is 7.05 Å². The average molecular weight is 276 g/mol. The van der Waals surface area contributed by atoms with E-state index in [1.165, 1.54) is 0 Å². The van der Waals surface area contributed by atoms with Crippen LogP contribution in [0.15, 0.2) is 0 Å². The van der Waals surface area contributed by atoms with Crippen molar-refractivity contribution in [1.82, 2.24) is 24.6 Å². The summed E-state index contributed by atoms with van der Waals surface area (Å²) in [5.41, 5.74) is 8.59. The molecule has 3 N–H and O–H groups in total. The molecule has 1 aliphatic carbocycles. The summed E-state index contributed by atoms with van der Waals surface area (Å²) < 4.78 is 3.72. The van der Waals surface area contributed by atoms with Gasteiger partial charge < -0.3 is 11.1 Å². The molecule has 0 aliphatic heterocycles. The zero-order chi connectivity index (χ0) is 14.3. The minimum absolute atomic E-state index is 0.128. The Bertz CT molecular complexity index is 651. The van der Waals surface area contributed by atoms with Crippen molar-refractivity contribution >= 4 is 23.0 Å². The second kappa shape index (κ2) is 4.81. The van der Waals surface area contributed by atoms with Crippen LogP contribution in [0.2, 0.25) is 0 Å². The van der Waals surface area contributed by atoms with Crippen LogP contribution in [0.5, 0.6) is 0 Å². The van der Waals surface area contributed by atoms with E-state index in [1.54, 1.807) is 4.68 Å². The van der Waals surface area contributed by atoms with Crippen molar-refractivity contribution in [2.75, 3.05) is 5.73 Å². The first-order valence-corrected chi connectivity index (χ1v) is 7.01. The monoisotopic (exact) mass is 276 g/mol. The number of rotatable bonds is 5. The zero-order valence-corrected chi connectivity index (χ0v) is 11.9. The van der Waals surface area contributed by atoms with Crippen LogP contribution >= 0.6 is 0 Å². The maximum atomic E-state index is 11.7. The summed E-state index contributed by atoms with van der Waals surface area (Å²) in [6.45, 7) is 2.60. The van der Waals surface area contributed by atoms with Gasteiger partial charge in [-0.05, 0) is 26.2 Å². The van der Waals surface area contributed by atoms with Gasteiger partial charge in [0.2, 0.25) is 11.9 Å². The number of fused-ring (bicyclic) bond motifs is 1. The Morgan fingerprint density at radius 2 is 2.25 bits per heavy atom. The normalized spacial score (nSPS) is 14.9. The van der Waals surface area contributed by atoms with Gasteiger partial charge in [0.05, 0.1) is 5.69 Å². The Morgan fingerprint density at radius 3 is 2.95 bits per heavy atom. The van der Waals surface area contributed by atoms with E-state index >= 15 is 0 Å². The largest absolute Gasteiger partial charge is 0.369 e. The highest BCUT2D eigenvalue weighted by Gasteiger charge is 2.23. The fraction of sp³-hybridized carbons (Fsp3) is 0.615. The van der Waals surface area contributed by atoms with Crippen molar-refractivity contribution < 1.29 is 4.79 Å². The summed E-state index contributed by atoms with van der Waals surface area (Å²) in [7, 11) is 1.88. The van der Waals surface area contributed by atoms with Gasteiger partial charge >= 0.3 is 0 Å². The van der Waals surface area contributed by atoms with Gasteiger partial charge in [0.25, 0.3) is 0 Å². The number of nitrogens with one attached hydrogen (secondary N) is 1. The summed E-state index contributed by atoms with van der Waals surface area (Å²) in [6, 6.07) is 0.423. The highest BCUT2D eigenvalue weighted by molar-refractivity contribution is 5.78. The molecular formula is C13H20N6O. The third-order valence-electron chi connectivity index (χ3n) is 3.65. The van der Waals surface area contributed by atoms with Crippen LogP contribution in [-0.4, -0.2) is 31.3 Å². The molecular weight excluding hydrogens is 256 g/mol. The molecule has 20 heavy (non-hydrogen) atoms. The van der Waals surface area contributed by atoms with Gasteiger partial charge in [0.1, 0.15) is 5.52 Å². The van der Waals surface area contributed by atoms with Crippen LogP contribution in [-0.2, 0) is 18.4 Å². The summed E-state index contributed by atoms with van der Waals surface area (Å²) in [5, 5.41) is 7.33. The van der Waals surface area contributed by atoms with Crippen molar-refractivity contribution in [1.29, 1.82) is 0 Å². The first-order chi connectivity index (χ1) is 9.56. The molecule has 108 valence electrons. The molecule has 1 amide bonds. The number of carbonyl (C=O) groups excluding carboxylic acids is 1. The highest BCUT2D eigenvalue weighted by atomic mass is 16.1. The van der Waals surface area contributed by atoms with Gasteiger partial charge in [-0.2, -0.15) is 5.10 Å². The third kappa shape index (κ3) is 2.35. The van der Waals surface area contributed by atoms with E-state index in [-0.39, 0.29) is 5.91 Å². The number of hydrogen-bond donors (Lipinski definition) is 2. The molecule has 1 fully saturated rings. The van der Waals surface area contributed by atoms with Crippen molar-refractivity contribution in [3.8, 4) is 0 Å². The molecule has 0 unspecified atom stereocenters. The van der Waals surface area contributed by atoms with Gasteiger partial charge in [-0.15, -0.1) is 0 Å². The molecule has 0 atom stereocenters. The van der Waals surface area contributed by atoms with E-state index in [0.29, 0.717) is 25.0 Å². The molecule has 1 aliphatic rings. The van der Waals surface area contributed by atoms with Crippen LogP contribution in [0.3, 0.4) is 0 Å². The molecule has 0 saturated heterocycles. The van der Waals surface area contributed by atoms with Gasteiger partial charge in [-0.3, -0.25) is 14.0 Å². The van der Waals surface area contributed by atoms with E-state index in [2.05, 4.69) is 15.4 Å². The summed E-state index contributed by atoms with van der Waals surface area (Å²) in [5.74, 6) is 0.613. The quantitative estimate of drug-likeness (QED) is 0.842. The summed E-state index contributed by atoms with van der Waals surface area (Å²) in [4.78, 5) is 16.0. The maximum absolute atomic E-state index is 11.7. The minimum atomic E-state index is 0.128. The van der Waals surface area contributed by atoms with Crippen LogP contribution < -0.4 is 11.1 Å². The fourth-order valence-corrected chi connectivity index (χ4v) is 2.50. The standard InChI is InChI=1S/C13H20N6O/c1-8-11-12(18(2)17-8)19(13(14)16-11)7-3-4-10(20)15-9-5-6-9/h9H,3-7H2,1-2H3,(H2,14,16)(H,15,20). The molecule has 7 heteroatoms. The molecule has 1 saturated carbocycles. The fourth-order valence-electron chi connectivity index (χ4n) is 2.50. The topological polar surface area (TPSA) is 90.8 Å². The number of hydrogen-bond acceptors (Lipinski definition) is 4. The number of nitrogens with zero attached hydrogens (tertiary/aromatic N) is 4. The molecule has 0 bridgehead atoms. The van der Waals surface area contributed by atoms with Crippen molar-refractivity contribution in [3.05, 3.63) is 5.69 Å². The lowest BCUT2D eigenvalue weighted by Gasteiger charge is -2.07.